The Balaban J connectivity index is 1.42. The monoisotopic (exact) mass is 436 g/mol. The quantitative estimate of drug-likeness (QED) is 0.399. The van der Waals surface area contributed by atoms with Crippen LogP contribution in [-0.2, 0) is 16.3 Å². The molecular weight excluding hydrogens is 416 g/mol. The molecule has 7 nitrogen and oxygen atoms in total. The molecule has 31 heavy (non-hydrogen) atoms. The Morgan fingerprint density at radius 2 is 2.00 bits per heavy atom. The average molecular weight is 437 g/mol. The number of imidazole rings is 1. The van der Waals surface area contributed by atoms with Crippen LogP contribution in [0.25, 0.3) is 5.69 Å². The van der Waals surface area contributed by atoms with Crippen LogP contribution < -0.4 is 4.74 Å². The third kappa shape index (κ3) is 4.49. The molecule has 0 radical (unpaired) electrons. The molecule has 3 unspecified atom stereocenters. The first-order valence-corrected chi connectivity index (χ1v) is 10.4. The fraction of sp³-hybridized carbons (Fsp3) is 0.217. The summed E-state index contributed by atoms with van der Waals surface area (Å²) in [5.41, 5.74) is 1.93. The van der Waals surface area contributed by atoms with Gasteiger partial charge in [-0.05, 0) is 48.0 Å². The molecule has 2 aromatic heterocycles. The summed E-state index contributed by atoms with van der Waals surface area (Å²) >= 11 is 6.29. The lowest BCUT2D eigenvalue weighted by atomic mass is 9.91. The second-order valence-electron chi connectivity index (χ2n) is 7.38. The van der Waals surface area contributed by atoms with Crippen LogP contribution in [0, 0.1) is 5.92 Å². The number of halogens is 1. The van der Waals surface area contributed by atoms with Gasteiger partial charge in [-0.3, -0.25) is 0 Å². The third-order valence-electron chi connectivity index (χ3n) is 5.31. The number of rotatable bonds is 7. The zero-order chi connectivity index (χ0) is 21.0. The first-order valence-electron chi connectivity index (χ1n) is 10.0. The van der Waals surface area contributed by atoms with Crippen LogP contribution in [0.4, 0.5) is 0 Å². The van der Waals surface area contributed by atoms with Crippen LogP contribution >= 0.6 is 11.6 Å². The molecule has 8 heteroatoms. The zero-order valence-corrected chi connectivity index (χ0v) is 17.4. The number of nitrogens with zero attached hydrogens (tertiary/aromatic N) is 4. The van der Waals surface area contributed by atoms with Crippen molar-refractivity contribution in [3.05, 3.63) is 96.3 Å². The van der Waals surface area contributed by atoms with Crippen LogP contribution in [-0.4, -0.2) is 32.0 Å². The van der Waals surface area contributed by atoms with Gasteiger partial charge in [-0.15, -0.1) is 0 Å². The summed E-state index contributed by atoms with van der Waals surface area (Å²) in [7, 11) is 0. The lowest BCUT2D eigenvalue weighted by Crippen LogP contribution is -2.31. The maximum Gasteiger partial charge on any atom is 0.132 e. The maximum atomic E-state index is 6.49. The molecule has 158 valence electrons. The molecule has 0 N–H and O–H groups in total. The first kappa shape index (κ1) is 19.8. The molecule has 0 bridgehead atoms. The minimum absolute atomic E-state index is 0.0355. The van der Waals surface area contributed by atoms with Crippen LogP contribution in [0.15, 0.2) is 85.7 Å². The van der Waals surface area contributed by atoms with Gasteiger partial charge in [0.25, 0.3) is 0 Å². The highest BCUT2D eigenvalue weighted by Crippen LogP contribution is 2.36. The second-order valence-corrected chi connectivity index (χ2v) is 7.82. The highest BCUT2D eigenvalue weighted by atomic mass is 35.5. The molecule has 3 heterocycles. The van der Waals surface area contributed by atoms with E-state index in [-0.39, 0.29) is 18.1 Å². The first-order chi connectivity index (χ1) is 15.3. The topological polar surface area (TPSA) is 63.3 Å². The van der Waals surface area contributed by atoms with E-state index in [2.05, 4.69) is 10.1 Å². The zero-order valence-electron chi connectivity index (χ0n) is 16.6. The van der Waals surface area contributed by atoms with Gasteiger partial charge in [0.15, 0.2) is 0 Å². The number of hydrogen-bond acceptors (Lipinski definition) is 5. The van der Waals surface area contributed by atoms with Crippen molar-refractivity contribution in [3.8, 4) is 11.4 Å². The maximum absolute atomic E-state index is 6.49. The Morgan fingerprint density at radius 3 is 2.74 bits per heavy atom. The van der Waals surface area contributed by atoms with Crippen LogP contribution in [0.5, 0.6) is 5.75 Å². The van der Waals surface area contributed by atoms with E-state index in [1.807, 2.05) is 71.6 Å². The highest BCUT2D eigenvalue weighted by molar-refractivity contribution is 6.30. The van der Waals surface area contributed by atoms with Crippen molar-refractivity contribution in [2.45, 2.75) is 18.8 Å². The van der Waals surface area contributed by atoms with Gasteiger partial charge in [-0.1, -0.05) is 23.7 Å². The van der Waals surface area contributed by atoms with E-state index in [0.29, 0.717) is 18.2 Å². The molecule has 1 fully saturated rings. The van der Waals surface area contributed by atoms with Crippen LogP contribution in [0.3, 0.4) is 0 Å². The van der Waals surface area contributed by atoms with Crippen molar-refractivity contribution in [2.75, 3.05) is 6.61 Å². The van der Waals surface area contributed by atoms with Crippen molar-refractivity contribution >= 4 is 11.6 Å². The Bertz CT molecular complexity index is 1100. The molecular formula is C23H21ClN4O3. The van der Waals surface area contributed by atoms with Gasteiger partial charge in [0.1, 0.15) is 18.0 Å². The van der Waals surface area contributed by atoms with Gasteiger partial charge in [0.05, 0.1) is 31.1 Å². The van der Waals surface area contributed by atoms with E-state index in [1.54, 1.807) is 23.4 Å². The van der Waals surface area contributed by atoms with Gasteiger partial charge in [0, 0.05) is 29.8 Å². The van der Waals surface area contributed by atoms with Gasteiger partial charge >= 0.3 is 0 Å². The van der Waals surface area contributed by atoms with Crippen molar-refractivity contribution in [2.24, 2.45) is 5.92 Å². The summed E-state index contributed by atoms with van der Waals surface area (Å²) in [4.78, 5) is 15.1. The van der Waals surface area contributed by atoms with Gasteiger partial charge in [-0.25, -0.2) is 19.4 Å². The Kier molecular flexibility index (Phi) is 5.71. The molecule has 1 saturated heterocycles. The molecule has 1 aliphatic heterocycles. The Labute approximate surface area is 184 Å². The fourth-order valence-corrected chi connectivity index (χ4v) is 3.97. The molecule has 0 spiro atoms. The fourth-order valence-electron chi connectivity index (χ4n) is 3.77. The van der Waals surface area contributed by atoms with Crippen molar-refractivity contribution in [1.29, 1.82) is 0 Å². The Hall–Kier alpha value is -3.13. The molecule has 5 rings (SSSR count). The number of ether oxygens (including phenoxy) is 1. The molecule has 3 atom stereocenters. The molecule has 0 amide bonds. The Morgan fingerprint density at radius 1 is 1.10 bits per heavy atom. The summed E-state index contributed by atoms with van der Waals surface area (Å²) in [6.07, 6.45) is 8.58. The summed E-state index contributed by atoms with van der Waals surface area (Å²) < 4.78 is 10.3. The van der Waals surface area contributed by atoms with E-state index in [1.165, 1.54) is 0 Å². The standard InChI is InChI=1S/C23H21ClN4O3/c24-18-4-1-3-17(13-18)23(21-15-29-31-22(21)14-27-12-10-25-16-27)30-20-7-5-19(6-8-20)28-11-2-9-26-28/h1-13,16,21-23H,14-15H2. The molecule has 4 aromatic rings. The van der Waals surface area contributed by atoms with Crippen LogP contribution in [0.1, 0.15) is 11.7 Å². The largest absolute Gasteiger partial charge is 0.485 e. The normalized spacial score (nSPS) is 19.4. The molecule has 1 aliphatic rings. The van der Waals surface area contributed by atoms with E-state index >= 15 is 0 Å². The van der Waals surface area contributed by atoms with E-state index in [4.69, 9.17) is 26.1 Å². The van der Waals surface area contributed by atoms with Gasteiger partial charge in [0.2, 0.25) is 0 Å². The van der Waals surface area contributed by atoms with E-state index < -0.39 is 0 Å². The summed E-state index contributed by atoms with van der Waals surface area (Å²) in [5.74, 6) is 0.709. The van der Waals surface area contributed by atoms with Gasteiger partial charge < -0.3 is 9.30 Å². The lowest BCUT2D eigenvalue weighted by Gasteiger charge is -2.27. The van der Waals surface area contributed by atoms with Crippen LogP contribution in [0.2, 0.25) is 5.02 Å². The number of aromatic nitrogens is 4. The molecule has 2 aromatic carbocycles. The minimum Gasteiger partial charge on any atom is -0.485 e. The number of hydrogen-bond donors (Lipinski definition) is 0. The third-order valence-corrected chi connectivity index (χ3v) is 5.55. The predicted molar refractivity (Wildman–Crippen MR) is 115 cm³/mol. The smallest absolute Gasteiger partial charge is 0.132 e. The lowest BCUT2D eigenvalue weighted by molar-refractivity contribution is -0.276. The van der Waals surface area contributed by atoms with E-state index in [9.17, 15) is 0 Å². The SMILES string of the molecule is Clc1cccc(C(Oc2ccc(-n3cccn3)cc2)C2COOC2Cn2ccnc2)c1. The van der Waals surface area contributed by atoms with Crippen molar-refractivity contribution in [1.82, 2.24) is 19.3 Å². The highest BCUT2D eigenvalue weighted by Gasteiger charge is 2.39. The summed E-state index contributed by atoms with van der Waals surface area (Å²) in [5, 5.41) is 4.92. The molecule has 0 saturated carbocycles. The number of benzene rings is 2. The van der Waals surface area contributed by atoms with Crippen molar-refractivity contribution < 1.29 is 14.5 Å². The van der Waals surface area contributed by atoms with Gasteiger partial charge in [-0.2, -0.15) is 5.10 Å². The predicted octanol–water partition coefficient (Wildman–Crippen LogP) is 4.49. The average Bonchev–Trinajstić information content (AvgIpc) is 3.56. The summed E-state index contributed by atoms with van der Waals surface area (Å²) in [6.45, 7) is 1.03. The van der Waals surface area contributed by atoms with E-state index in [0.717, 1.165) is 17.0 Å². The van der Waals surface area contributed by atoms with Crippen molar-refractivity contribution in [3.63, 3.8) is 0 Å². The minimum atomic E-state index is -0.301. The second kappa shape index (κ2) is 8.93. The summed E-state index contributed by atoms with van der Waals surface area (Å²) in [6, 6.07) is 17.4. The molecule has 0 aliphatic carbocycles.